The van der Waals surface area contributed by atoms with E-state index in [-0.39, 0.29) is 11.8 Å². The molecule has 1 aliphatic heterocycles. The minimum absolute atomic E-state index is 0.204. The fourth-order valence-corrected chi connectivity index (χ4v) is 3.15. The first-order valence-corrected chi connectivity index (χ1v) is 11.1. The van der Waals surface area contributed by atoms with Crippen molar-refractivity contribution in [2.24, 2.45) is 0 Å². The molecule has 0 aromatic heterocycles. The van der Waals surface area contributed by atoms with E-state index in [0.717, 1.165) is 0 Å². The van der Waals surface area contributed by atoms with Crippen LogP contribution >= 0.6 is 0 Å². The Kier molecular flexibility index (Phi) is 10.5. The summed E-state index contributed by atoms with van der Waals surface area (Å²) in [4.78, 5) is 25.0. The normalized spacial score (nSPS) is 17.8. The van der Waals surface area contributed by atoms with Crippen molar-refractivity contribution in [3.63, 3.8) is 0 Å². The molecule has 2 amide bonds. The molecule has 0 aliphatic carbocycles. The number of fused-ring (bicyclic) bond motifs is 2. The van der Waals surface area contributed by atoms with Gasteiger partial charge in [0.1, 0.15) is 24.7 Å². The average Bonchev–Trinajstić information content (AvgIpc) is 2.84. The zero-order chi connectivity index (χ0) is 23.1. The van der Waals surface area contributed by atoms with Gasteiger partial charge in [0.05, 0.1) is 37.6 Å². The van der Waals surface area contributed by atoms with Gasteiger partial charge in [-0.1, -0.05) is 24.3 Å². The molecular weight excluding hydrogens is 426 g/mol. The fraction of sp³-hybridized carbons (Fsp3) is 0.417. The highest BCUT2D eigenvalue weighted by Gasteiger charge is 2.13. The highest BCUT2D eigenvalue weighted by Crippen LogP contribution is 2.18. The number of hydrogen-bond acceptors (Lipinski definition) is 7. The van der Waals surface area contributed by atoms with Gasteiger partial charge >= 0.3 is 0 Å². The summed E-state index contributed by atoms with van der Waals surface area (Å²) < 4.78 is 22.5. The number of hydrogen-bond donors (Lipinski definition) is 3. The van der Waals surface area contributed by atoms with Crippen LogP contribution in [0.25, 0.3) is 0 Å². The van der Waals surface area contributed by atoms with Gasteiger partial charge in [-0.05, 0) is 24.3 Å². The lowest BCUT2D eigenvalue weighted by Crippen LogP contribution is -2.36. The van der Waals surface area contributed by atoms with Crippen molar-refractivity contribution in [2.75, 3.05) is 65.8 Å². The van der Waals surface area contributed by atoms with Crippen LogP contribution in [0.5, 0.6) is 11.5 Å². The molecule has 1 heterocycles. The van der Waals surface area contributed by atoms with Crippen molar-refractivity contribution in [3.05, 3.63) is 59.7 Å². The van der Waals surface area contributed by atoms with Gasteiger partial charge in [0.15, 0.2) is 0 Å². The number of nitrogens with one attached hydrogen (secondary N) is 3. The van der Waals surface area contributed by atoms with Crippen LogP contribution in [0.4, 0.5) is 0 Å². The van der Waals surface area contributed by atoms with Gasteiger partial charge in [-0.2, -0.15) is 0 Å². The molecule has 9 heteroatoms. The van der Waals surface area contributed by atoms with E-state index >= 15 is 0 Å². The SMILES string of the molecule is O=C1NCCNCCNC(=O)c2ccccc2OCCOCCOCCOc2ccccc21. The maximum Gasteiger partial charge on any atom is 0.255 e. The van der Waals surface area contributed by atoms with Gasteiger partial charge in [-0.25, -0.2) is 0 Å². The molecule has 0 saturated carbocycles. The van der Waals surface area contributed by atoms with Gasteiger partial charge in [0.25, 0.3) is 11.8 Å². The Morgan fingerprint density at radius 2 is 0.970 bits per heavy atom. The van der Waals surface area contributed by atoms with Gasteiger partial charge in [-0.3, -0.25) is 9.59 Å². The van der Waals surface area contributed by atoms with Gasteiger partial charge in [-0.15, -0.1) is 0 Å². The van der Waals surface area contributed by atoms with E-state index < -0.39 is 0 Å². The first-order chi connectivity index (χ1) is 16.3. The third kappa shape index (κ3) is 8.38. The standard InChI is InChI=1S/C24H31N3O6/c28-23-19-5-1-3-7-21(19)32-17-15-30-13-14-31-16-18-33-22-8-4-2-6-20(22)24(29)27-12-10-25-9-11-26-23/h1-8,25H,9-18H2,(H,26,28)(H,27,29). The minimum Gasteiger partial charge on any atom is -0.490 e. The smallest absolute Gasteiger partial charge is 0.255 e. The summed E-state index contributed by atoms with van der Waals surface area (Å²) in [5.74, 6) is 0.622. The van der Waals surface area contributed by atoms with Crippen LogP contribution in [0.1, 0.15) is 20.7 Å². The quantitative estimate of drug-likeness (QED) is 0.546. The Labute approximate surface area is 193 Å². The van der Waals surface area contributed by atoms with Crippen LogP contribution in [-0.4, -0.2) is 77.6 Å². The molecule has 0 spiro atoms. The van der Waals surface area contributed by atoms with Gasteiger partial charge in [0.2, 0.25) is 0 Å². The van der Waals surface area contributed by atoms with Crippen LogP contribution in [0.3, 0.4) is 0 Å². The van der Waals surface area contributed by atoms with Crippen molar-refractivity contribution in [1.82, 2.24) is 16.0 Å². The lowest BCUT2D eigenvalue weighted by molar-refractivity contribution is 0.0272. The Morgan fingerprint density at radius 3 is 1.45 bits per heavy atom. The van der Waals surface area contributed by atoms with Crippen LogP contribution in [-0.2, 0) is 9.47 Å². The molecule has 33 heavy (non-hydrogen) atoms. The van der Waals surface area contributed by atoms with E-state index in [2.05, 4.69) is 16.0 Å². The molecule has 0 bridgehead atoms. The maximum absolute atomic E-state index is 12.5. The van der Waals surface area contributed by atoms with Crippen molar-refractivity contribution in [3.8, 4) is 11.5 Å². The first kappa shape index (κ1) is 24.5. The third-order valence-corrected chi connectivity index (χ3v) is 4.78. The zero-order valence-electron chi connectivity index (χ0n) is 18.6. The van der Waals surface area contributed by atoms with Crippen LogP contribution in [0, 0.1) is 0 Å². The van der Waals surface area contributed by atoms with Gasteiger partial charge in [0, 0.05) is 26.2 Å². The summed E-state index contributed by atoms with van der Waals surface area (Å²) in [7, 11) is 0. The number of ether oxygens (including phenoxy) is 4. The van der Waals surface area contributed by atoms with Crippen LogP contribution < -0.4 is 25.4 Å². The lowest BCUT2D eigenvalue weighted by atomic mass is 10.2. The molecule has 2 aromatic rings. The Hall–Kier alpha value is -3.14. The average molecular weight is 458 g/mol. The Balaban J connectivity index is 1.55. The Morgan fingerprint density at radius 1 is 0.545 bits per heavy atom. The molecule has 0 saturated heterocycles. The Bertz CT molecular complexity index is 821. The largest absolute Gasteiger partial charge is 0.490 e. The topological polar surface area (TPSA) is 107 Å². The van der Waals surface area contributed by atoms with E-state index in [9.17, 15) is 9.59 Å². The van der Waals surface area contributed by atoms with Crippen molar-refractivity contribution >= 4 is 11.8 Å². The zero-order valence-corrected chi connectivity index (χ0v) is 18.6. The van der Waals surface area contributed by atoms with Crippen LogP contribution in [0.15, 0.2) is 48.5 Å². The summed E-state index contributed by atoms with van der Waals surface area (Å²) in [6.07, 6.45) is 0. The second-order valence-electron chi connectivity index (χ2n) is 7.18. The highest BCUT2D eigenvalue weighted by molar-refractivity contribution is 5.97. The van der Waals surface area contributed by atoms with E-state index in [1.807, 2.05) is 12.1 Å². The number of para-hydroxylation sites is 2. The highest BCUT2D eigenvalue weighted by atomic mass is 16.6. The predicted octanol–water partition coefficient (Wildman–Crippen LogP) is 1.24. The molecule has 9 nitrogen and oxygen atoms in total. The number of benzene rings is 2. The first-order valence-electron chi connectivity index (χ1n) is 11.1. The summed E-state index contributed by atoms with van der Waals surface area (Å²) >= 11 is 0. The molecule has 3 rings (SSSR count). The molecule has 0 atom stereocenters. The lowest BCUT2D eigenvalue weighted by Gasteiger charge is -2.12. The van der Waals surface area contributed by atoms with Crippen molar-refractivity contribution in [1.29, 1.82) is 0 Å². The molecule has 2 aromatic carbocycles. The van der Waals surface area contributed by atoms with Crippen molar-refractivity contribution in [2.45, 2.75) is 0 Å². The van der Waals surface area contributed by atoms with E-state index in [1.165, 1.54) is 0 Å². The number of carbonyl (C=O) groups is 2. The fourth-order valence-electron chi connectivity index (χ4n) is 3.15. The van der Waals surface area contributed by atoms with E-state index in [4.69, 9.17) is 18.9 Å². The summed E-state index contributed by atoms with van der Waals surface area (Å²) in [5.41, 5.74) is 0.954. The second kappa shape index (κ2) is 14.1. The number of carbonyl (C=O) groups excluding carboxylic acids is 2. The predicted molar refractivity (Wildman–Crippen MR) is 123 cm³/mol. The van der Waals surface area contributed by atoms with E-state index in [0.29, 0.717) is 88.4 Å². The summed E-state index contributed by atoms with van der Waals surface area (Å²) in [6, 6.07) is 14.2. The summed E-state index contributed by atoms with van der Waals surface area (Å²) in [6.45, 7) is 4.26. The minimum atomic E-state index is -0.204. The monoisotopic (exact) mass is 457 g/mol. The molecule has 3 N–H and O–H groups in total. The second-order valence-corrected chi connectivity index (χ2v) is 7.18. The number of amides is 2. The molecule has 178 valence electrons. The molecule has 0 unspecified atom stereocenters. The molecule has 0 radical (unpaired) electrons. The number of rotatable bonds is 0. The molecule has 1 aliphatic rings. The van der Waals surface area contributed by atoms with Gasteiger partial charge < -0.3 is 34.9 Å². The molecule has 0 fully saturated rings. The van der Waals surface area contributed by atoms with Crippen LogP contribution in [0.2, 0.25) is 0 Å². The summed E-state index contributed by atoms with van der Waals surface area (Å²) in [5, 5.41) is 8.94. The third-order valence-electron chi connectivity index (χ3n) is 4.78. The maximum atomic E-state index is 12.5. The molecular formula is C24H31N3O6. The van der Waals surface area contributed by atoms with E-state index in [1.54, 1.807) is 36.4 Å². The van der Waals surface area contributed by atoms with Crippen molar-refractivity contribution < 1.29 is 28.5 Å².